The molecule has 2 aromatic rings. The Balaban J connectivity index is 2.20. The minimum Gasteiger partial charge on any atom is -0.497 e. The van der Waals surface area contributed by atoms with Crippen molar-refractivity contribution in [2.75, 3.05) is 7.11 Å². The molecule has 2 heteroatoms. The number of aliphatic hydroxyl groups excluding tert-OH is 1. The topological polar surface area (TPSA) is 29.5 Å². The second-order valence-electron chi connectivity index (χ2n) is 5.31. The van der Waals surface area contributed by atoms with Crippen molar-refractivity contribution in [2.45, 2.75) is 39.2 Å². The van der Waals surface area contributed by atoms with Gasteiger partial charge in [0, 0.05) is 6.42 Å². The van der Waals surface area contributed by atoms with E-state index in [0.717, 1.165) is 29.7 Å². The van der Waals surface area contributed by atoms with Crippen LogP contribution in [0.2, 0.25) is 0 Å². The molecule has 0 aromatic heterocycles. The highest BCUT2D eigenvalue weighted by molar-refractivity contribution is 5.35. The van der Waals surface area contributed by atoms with Crippen LogP contribution in [0.15, 0.2) is 42.5 Å². The Labute approximate surface area is 127 Å². The molecule has 0 saturated carbocycles. The minimum atomic E-state index is -0.458. The number of rotatable bonds is 6. The van der Waals surface area contributed by atoms with Crippen LogP contribution < -0.4 is 4.74 Å². The largest absolute Gasteiger partial charge is 0.497 e. The van der Waals surface area contributed by atoms with Crippen LogP contribution in [0.5, 0.6) is 5.75 Å². The van der Waals surface area contributed by atoms with E-state index in [1.807, 2.05) is 24.3 Å². The summed E-state index contributed by atoms with van der Waals surface area (Å²) in [6.45, 7) is 4.27. The third-order valence-electron chi connectivity index (χ3n) is 3.95. The molecule has 0 aliphatic carbocycles. The van der Waals surface area contributed by atoms with Crippen molar-refractivity contribution in [2.24, 2.45) is 0 Å². The summed E-state index contributed by atoms with van der Waals surface area (Å²) in [4.78, 5) is 0. The van der Waals surface area contributed by atoms with E-state index in [1.54, 1.807) is 7.11 Å². The molecule has 2 rings (SSSR count). The number of ether oxygens (including phenoxy) is 1. The summed E-state index contributed by atoms with van der Waals surface area (Å²) in [5, 5.41) is 10.6. The Morgan fingerprint density at radius 1 is 0.952 bits per heavy atom. The van der Waals surface area contributed by atoms with Gasteiger partial charge in [-0.05, 0) is 47.2 Å². The molecule has 1 N–H and O–H groups in total. The Morgan fingerprint density at radius 3 is 2.19 bits per heavy atom. The van der Waals surface area contributed by atoms with Gasteiger partial charge in [0.15, 0.2) is 0 Å². The van der Waals surface area contributed by atoms with Crippen LogP contribution in [0.25, 0.3) is 0 Å². The lowest BCUT2D eigenvalue weighted by Gasteiger charge is -2.16. The summed E-state index contributed by atoms with van der Waals surface area (Å²) >= 11 is 0. The van der Waals surface area contributed by atoms with Crippen molar-refractivity contribution in [3.8, 4) is 5.75 Å². The van der Waals surface area contributed by atoms with Gasteiger partial charge in [0.1, 0.15) is 5.75 Å². The van der Waals surface area contributed by atoms with E-state index in [9.17, 15) is 5.11 Å². The molecule has 0 fully saturated rings. The Bertz CT molecular complexity index is 573. The molecule has 1 atom stereocenters. The van der Waals surface area contributed by atoms with Crippen molar-refractivity contribution in [3.05, 3.63) is 64.7 Å². The first-order valence-corrected chi connectivity index (χ1v) is 7.60. The van der Waals surface area contributed by atoms with E-state index < -0.39 is 6.10 Å². The Morgan fingerprint density at radius 2 is 1.62 bits per heavy atom. The van der Waals surface area contributed by atoms with E-state index in [0.29, 0.717) is 6.42 Å². The molecular weight excluding hydrogens is 260 g/mol. The molecule has 21 heavy (non-hydrogen) atoms. The lowest BCUT2D eigenvalue weighted by atomic mass is 9.93. The molecule has 0 amide bonds. The van der Waals surface area contributed by atoms with Crippen LogP contribution in [-0.2, 0) is 19.3 Å². The molecule has 0 saturated heterocycles. The van der Waals surface area contributed by atoms with Crippen LogP contribution in [0.3, 0.4) is 0 Å². The average molecular weight is 284 g/mol. The minimum absolute atomic E-state index is 0.458. The first-order valence-electron chi connectivity index (χ1n) is 7.60. The van der Waals surface area contributed by atoms with Gasteiger partial charge in [0.05, 0.1) is 13.2 Å². The van der Waals surface area contributed by atoms with Crippen molar-refractivity contribution >= 4 is 0 Å². The highest BCUT2D eigenvalue weighted by Gasteiger charge is 2.13. The van der Waals surface area contributed by atoms with Gasteiger partial charge in [-0.25, -0.2) is 0 Å². The zero-order valence-electron chi connectivity index (χ0n) is 13.1. The van der Waals surface area contributed by atoms with E-state index in [1.165, 1.54) is 11.1 Å². The van der Waals surface area contributed by atoms with Gasteiger partial charge in [-0.1, -0.05) is 44.2 Å². The van der Waals surface area contributed by atoms with Gasteiger partial charge in [-0.15, -0.1) is 0 Å². The fourth-order valence-corrected chi connectivity index (χ4v) is 2.59. The van der Waals surface area contributed by atoms with Gasteiger partial charge in [0.25, 0.3) is 0 Å². The first-order chi connectivity index (χ1) is 10.2. The number of benzene rings is 2. The highest BCUT2D eigenvalue weighted by atomic mass is 16.5. The number of methoxy groups -OCH3 is 1. The molecule has 2 nitrogen and oxygen atoms in total. The van der Waals surface area contributed by atoms with Crippen LogP contribution >= 0.6 is 0 Å². The molecule has 0 radical (unpaired) electrons. The second-order valence-corrected chi connectivity index (χ2v) is 5.31. The smallest absolute Gasteiger partial charge is 0.118 e. The number of aryl methyl sites for hydroxylation is 2. The van der Waals surface area contributed by atoms with E-state index in [2.05, 4.69) is 32.0 Å². The van der Waals surface area contributed by atoms with Gasteiger partial charge >= 0.3 is 0 Å². The third kappa shape index (κ3) is 3.85. The third-order valence-corrected chi connectivity index (χ3v) is 3.95. The average Bonchev–Trinajstić information content (AvgIpc) is 2.54. The maximum atomic E-state index is 10.6. The summed E-state index contributed by atoms with van der Waals surface area (Å²) in [7, 11) is 1.66. The van der Waals surface area contributed by atoms with E-state index >= 15 is 0 Å². The summed E-state index contributed by atoms with van der Waals surface area (Å²) in [5.41, 5.74) is 4.68. The fraction of sp³-hybridized carbons (Fsp3) is 0.368. The molecular formula is C19H24O2. The summed E-state index contributed by atoms with van der Waals surface area (Å²) < 4.78 is 5.16. The molecule has 0 heterocycles. The van der Waals surface area contributed by atoms with Crippen molar-refractivity contribution in [1.82, 2.24) is 0 Å². The number of hydrogen-bond donors (Lipinski definition) is 1. The Kier molecular flexibility index (Phi) is 5.40. The van der Waals surface area contributed by atoms with Crippen LogP contribution in [0.1, 0.15) is 42.2 Å². The number of hydrogen-bond acceptors (Lipinski definition) is 2. The lowest BCUT2D eigenvalue weighted by Crippen LogP contribution is -2.06. The van der Waals surface area contributed by atoms with Crippen LogP contribution in [0, 0.1) is 0 Å². The molecule has 112 valence electrons. The van der Waals surface area contributed by atoms with Gasteiger partial charge in [-0.2, -0.15) is 0 Å². The molecule has 0 aliphatic heterocycles. The summed E-state index contributed by atoms with van der Waals surface area (Å²) in [6, 6.07) is 14.3. The quantitative estimate of drug-likeness (QED) is 0.865. The van der Waals surface area contributed by atoms with Crippen LogP contribution in [0.4, 0.5) is 0 Å². The maximum absolute atomic E-state index is 10.6. The fourth-order valence-electron chi connectivity index (χ4n) is 2.59. The predicted octanol–water partition coefficient (Wildman–Crippen LogP) is 4.10. The van der Waals surface area contributed by atoms with E-state index in [-0.39, 0.29) is 0 Å². The second kappa shape index (κ2) is 7.28. The van der Waals surface area contributed by atoms with Crippen LogP contribution in [-0.4, -0.2) is 12.2 Å². The molecule has 0 aliphatic rings. The lowest BCUT2D eigenvalue weighted by molar-refractivity contribution is 0.177. The normalized spacial score (nSPS) is 12.2. The summed E-state index contributed by atoms with van der Waals surface area (Å²) in [6.07, 6.45) is 2.11. The highest BCUT2D eigenvalue weighted by Crippen LogP contribution is 2.25. The zero-order valence-corrected chi connectivity index (χ0v) is 13.1. The molecule has 1 unspecified atom stereocenters. The molecule has 0 spiro atoms. The predicted molar refractivity (Wildman–Crippen MR) is 86.9 cm³/mol. The first kappa shape index (κ1) is 15.6. The van der Waals surface area contributed by atoms with Gasteiger partial charge in [0.2, 0.25) is 0 Å². The van der Waals surface area contributed by atoms with Gasteiger partial charge < -0.3 is 9.84 Å². The van der Waals surface area contributed by atoms with Crippen molar-refractivity contribution < 1.29 is 9.84 Å². The Hall–Kier alpha value is -1.80. The molecule has 2 aromatic carbocycles. The maximum Gasteiger partial charge on any atom is 0.118 e. The van der Waals surface area contributed by atoms with Gasteiger partial charge in [-0.3, -0.25) is 0 Å². The monoisotopic (exact) mass is 284 g/mol. The zero-order chi connectivity index (χ0) is 15.2. The van der Waals surface area contributed by atoms with Crippen molar-refractivity contribution in [1.29, 1.82) is 0 Å². The van der Waals surface area contributed by atoms with E-state index in [4.69, 9.17) is 4.74 Å². The SMILES string of the molecule is CCc1ccc(CC)c(C(O)Cc2ccc(OC)cc2)c1. The number of aliphatic hydroxyl groups is 1. The van der Waals surface area contributed by atoms with Crippen molar-refractivity contribution in [3.63, 3.8) is 0 Å². The standard InChI is InChI=1S/C19H24O2/c1-4-14-6-9-16(5-2)18(12-14)19(20)13-15-7-10-17(21-3)11-8-15/h6-12,19-20H,4-5,13H2,1-3H3. The molecule has 0 bridgehead atoms. The summed E-state index contributed by atoms with van der Waals surface area (Å²) in [5.74, 6) is 0.843.